The van der Waals surface area contributed by atoms with Gasteiger partial charge in [0, 0.05) is 18.6 Å². The van der Waals surface area contributed by atoms with Crippen LogP contribution in [0.3, 0.4) is 0 Å². The van der Waals surface area contributed by atoms with Crippen LogP contribution in [0.15, 0.2) is 73.1 Å². The van der Waals surface area contributed by atoms with E-state index in [1.807, 2.05) is 59.4 Å². The summed E-state index contributed by atoms with van der Waals surface area (Å²) in [6, 6.07) is 17.3. The fourth-order valence-corrected chi connectivity index (χ4v) is 2.71. The number of nitrogens with one attached hydrogen (secondary N) is 1. The van der Waals surface area contributed by atoms with Crippen LogP contribution < -0.4 is 9.88 Å². The van der Waals surface area contributed by atoms with Crippen LogP contribution in [0.2, 0.25) is 5.02 Å². The Labute approximate surface area is 150 Å². The third-order valence-corrected chi connectivity index (χ3v) is 4.26. The number of carbonyl (C=O) groups excluding carboxylic acids is 1. The lowest BCUT2D eigenvalue weighted by atomic mass is 10.1. The Hall–Kier alpha value is -2.72. The molecule has 0 spiro atoms. The number of pyridine rings is 1. The summed E-state index contributed by atoms with van der Waals surface area (Å²) in [7, 11) is 0. The molecular weight excluding hydrogens is 339 g/mol. The lowest BCUT2D eigenvalue weighted by Gasteiger charge is -2.11. The molecule has 2 aromatic carbocycles. The number of hydrogen-bond acceptors (Lipinski definition) is 1. The fraction of sp³-hybridized carbons (Fsp3) is 0.100. The third-order valence-electron chi connectivity index (χ3n) is 3.94. The molecule has 0 radical (unpaired) electrons. The summed E-state index contributed by atoms with van der Waals surface area (Å²) in [5, 5.41) is 2.91. The molecule has 0 aliphatic rings. The number of rotatable bonds is 4. The predicted molar refractivity (Wildman–Crippen MR) is 96.8 cm³/mol. The molecular formula is C20H17ClFN2O+. The van der Waals surface area contributed by atoms with Gasteiger partial charge in [0.2, 0.25) is 6.04 Å². The Kier molecular flexibility index (Phi) is 5.10. The summed E-state index contributed by atoms with van der Waals surface area (Å²) in [4.78, 5) is 12.5. The van der Waals surface area contributed by atoms with Crippen molar-refractivity contribution in [3.63, 3.8) is 0 Å². The van der Waals surface area contributed by atoms with Gasteiger partial charge in [-0.3, -0.25) is 4.79 Å². The Bertz CT molecular complexity index is 899. The van der Waals surface area contributed by atoms with Crippen LogP contribution in [-0.2, 0) is 4.79 Å². The van der Waals surface area contributed by atoms with E-state index < -0.39 is 11.9 Å². The summed E-state index contributed by atoms with van der Waals surface area (Å²) >= 11 is 5.97. The van der Waals surface area contributed by atoms with Gasteiger partial charge in [0.1, 0.15) is 5.82 Å². The highest BCUT2D eigenvalue weighted by molar-refractivity contribution is 6.33. The maximum absolute atomic E-state index is 13.1. The molecule has 3 aromatic rings. The molecule has 0 bridgehead atoms. The van der Waals surface area contributed by atoms with E-state index >= 15 is 0 Å². The number of halogens is 2. The molecule has 1 aromatic heterocycles. The van der Waals surface area contributed by atoms with E-state index in [4.69, 9.17) is 11.6 Å². The van der Waals surface area contributed by atoms with Crippen molar-refractivity contribution in [3.8, 4) is 11.1 Å². The van der Waals surface area contributed by atoms with Crippen molar-refractivity contribution in [2.24, 2.45) is 0 Å². The van der Waals surface area contributed by atoms with Crippen LogP contribution in [0.4, 0.5) is 10.1 Å². The van der Waals surface area contributed by atoms with Gasteiger partial charge in [0.25, 0.3) is 5.91 Å². The van der Waals surface area contributed by atoms with Gasteiger partial charge in [-0.25, -0.2) is 4.39 Å². The second kappa shape index (κ2) is 7.45. The first-order valence-electron chi connectivity index (χ1n) is 7.87. The smallest absolute Gasteiger partial charge is 0.293 e. The molecule has 1 heterocycles. The Morgan fingerprint density at radius 2 is 1.80 bits per heavy atom. The average molecular weight is 356 g/mol. The van der Waals surface area contributed by atoms with Crippen molar-refractivity contribution in [2.45, 2.75) is 13.0 Å². The molecule has 0 saturated carbocycles. The highest BCUT2D eigenvalue weighted by Crippen LogP contribution is 2.23. The highest BCUT2D eigenvalue weighted by atomic mass is 35.5. The van der Waals surface area contributed by atoms with E-state index in [0.29, 0.717) is 5.69 Å². The monoisotopic (exact) mass is 355 g/mol. The summed E-state index contributed by atoms with van der Waals surface area (Å²) in [5.74, 6) is -0.676. The van der Waals surface area contributed by atoms with E-state index in [-0.39, 0.29) is 10.9 Å². The maximum Gasteiger partial charge on any atom is 0.293 e. The lowest BCUT2D eigenvalue weighted by molar-refractivity contribution is -0.705. The first kappa shape index (κ1) is 17.1. The van der Waals surface area contributed by atoms with E-state index in [9.17, 15) is 9.18 Å². The quantitative estimate of drug-likeness (QED) is 0.680. The van der Waals surface area contributed by atoms with Crippen molar-refractivity contribution >= 4 is 23.2 Å². The topological polar surface area (TPSA) is 33.0 Å². The Morgan fingerprint density at radius 3 is 2.52 bits per heavy atom. The average Bonchev–Trinajstić information content (AvgIpc) is 2.64. The number of aromatic nitrogens is 1. The van der Waals surface area contributed by atoms with Crippen LogP contribution >= 0.6 is 11.6 Å². The minimum atomic E-state index is -0.454. The van der Waals surface area contributed by atoms with E-state index in [1.54, 1.807) is 6.92 Å². The summed E-state index contributed by atoms with van der Waals surface area (Å²) in [6.45, 7) is 1.79. The van der Waals surface area contributed by atoms with Crippen LogP contribution in [0, 0.1) is 5.82 Å². The van der Waals surface area contributed by atoms with Crippen molar-refractivity contribution in [1.82, 2.24) is 0 Å². The molecule has 126 valence electrons. The molecule has 1 N–H and O–H groups in total. The minimum absolute atomic E-state index is 0.170. The minimum Gasteiger partial charge on any atom is -0.319 e. The maximum atomic E-state index is 13.1. The molecule has 5 heteroatoms. The molecule has 0 unspecified atom stereocenters. The SMILES string of the molecule is C[C@H](C(=O)Nc1ccc(F)cc1Cl)[n+]1cccc(-c2ccccc2)c1. The number of carbonyl (C=O) groups is 1. The van der Waals surface area contributed by atoms with Gasteiger partial charge in [-0.1, -0.05) is 41.9 Å². The van der Waals surface area contributed by atoms with E-state index in [1.165, 1.54) is 18.2 Å². The van der Waals surface area contributed by atoms with Crippen LogP contribution in [0.1, 0.15) is 13.0 Å². The van der Waals surface area contributed by atoms with Gasteiger partial charge in [-0.15, -0.1) is 0 Å². The highest BCUT2D eigenvalue weighted by Gasteiger charge is 2.23. The lowest BCUT2D eigenvalue weighted by Crippen LogP contribution is -2.44. The van der Waals surface area contributed by atoms with Crippen LogP contribution in [0.25, 0.3) is 11.1 Å². The molecule has 1 atom stereocenters. The molecule has 0 aliphatic heterocycles. The largest absolute Gasteiger partial charge is 0.319 e. The zero-order valence-corrected chi connectivity index (χ0v) is 14.4. The van der Waals surface area contributed by atoms with Crippen LogP contribution in [0.5, 0.6) is 0 Å². The van der Waals surface area contributed by atoms with Gasteiger partial charge in [-0.05, 0) is 29.8 Å². The summed E-state index contributed by atoms with van der Waals surface area (Å²) in [6.07, 6.45) is 3.76. The van der Waals surface area contributed by atoms with Gasteiger partial charge in [-0.2, -0.15) is 4.57 Å². The second-order valence-corrected chi connectivity index (χ2v) is 6.10. The van der Waals surface area contributed by atoms with E-state index in [2.05, 4.69) is 5.32 Å². The zero-order chi connectivity index (χ0) is 17.8. The first-order chi connectivity index (χ1) is 12.0. The molecule has 3 nitrogen and oxygen atoms in total. The van der Waals surface area contributed by atoms with Crippen molar-refractivity contribution in [3.05, 3.63) is 83.9 Å². The van der Waals surface area contributed by atoms with Gasteiger partial charge < -0.3 is 5.32 Å². The number of anilines is 1. The summed E-state index contributed by atoms with van der Waals surface area (Å²) < 4.78 is 14.9. The fourth-order valence-electron chi connectivity index (χ4n) is 2.50. The number of hydrogen-bond donors (Lipinski definition) is 1. The molecule has 3 rings (SSSR count). The predicted octanol–water partition coefficient (Wildman–Crippen LogP) is 4.63. The molecule has 0 saturated heterocycles. The molecule has 0 aliphatic carbocycles. The summed E-state index contributed by atoms with van der Waals surface area (Å²) in [5.41, 5.74) is 2.48. The van der Waals surface area contributed by atoms with E-state index in [0.717, 1.165) is 11.1 Å². The van der Waals surface area contributed by atoms with Crippen molar-refractivity contribution in [1.29, 1.82) is 0 Å². The van der Waals surface area contributed by atoms with Gasteiger partial charge >= 0.3 is 0 Å². The van der Waals surface area contributed by atoms with Gasteiger partial charge in [0.15, 0.2) is 12.4 Å². The normalized spacial score (nSPS) is 11.8. The standard InChI is InChI=1S/C20H16ClFN2O/c1-14(20(25)23-19-10-9-17(22)12-18(19)21)24-11-5-8-16(13-24)15-6-3-2-4-7-15/h2-14H,1H3/p+1/t14-/m1/s1. The zero-order valence-electron chi connectivity index (χ0n) is 13.6. The molecule has 0 fully saturated rings. The second-order valence-electron chi connectivity index (χ2n) is 5.70. The molecule has 25 heavy (non-hydrogen) atoms. The molecule has 1 amide bonds. The number of amides is 1. The Morgan fingerprint density at radius 1 is 1.08 bits per heavy atom. The number of benzene rings is 2. The first-order valence-corrected chi connectivity index (χ1v) is 8.24. The third kappa shape index (κ3) is 4.03. The van der Waals surface area contributed by atoms with Crippen molar-refractivity contribution < 1.29 is 13.8 Å². The van der Waals surface area contributed by atoms with Gasteiger partial charge in [0.05, 0.1) is 10.7 Å². The Balaban J connectivity index is 1.80. The number of nitrogens with zero attached hydrogens (tertiary/aromatic N) is 1. The van der Waals surface area contributed by atoms with Crippen molar-refractivity contribution in [2.75, 3.05) is 5.32 Å². The van der Waals surface area contributed by atoms with Crippen LogP contribution in [-0.4, -0.2) is 5.91 Å².